The zero-order valence-corrected chi connectivity index (χ0v) is 17.7. The number of hydrogen-bond donors (Lipinski definition) is 1. The number of Topliss-reactive ketones (excluding diaryl/α,β-unsaturated/α-hetero) is 1. The van der Waals surface area contributed by atoms with Crippen LogP contribution in [0, 0.1) is 0 Å². The predicted octanol–water partition coefficient (Wildman–Crippen LogP) is 5.63. The summed E-state index contributed by atoms with van der Waals surface area (Å²) in [5.74, 6) is 0.0940. The number of aliphatic hydroxyl groups is 1. The van der Waals surface area contributed by atoms with Gasteiger partial charge in [-0.2, -0.15) is 0 Å². The van der Waals surface area contributed by atoms with Crippen LogP contribution in [0.15, 0.2) is 79.0 Å². The quantitative estimate of drug-likeness (QED) is 0.409. The van der Waals surface area contributed by atoms with Crippen molar-refractivity contribution in [3.05, 3.63) is 84.7 Å². The molecule has 0 saturated heterocycles. The van der Waals surface area contributed by atoms with Crippen LogP contribution in [-0.4, -0.2) is 27.0 Å². The molecule has 0 aliphatic heterocycles. The molecule has 2 aromatic carbocycles. The Labute approximate surface area is 182 Å². The monoisotopic (exact) mass is 410 g/mol. The van der Waals surface area contributed by atoms with E-state index in [4.69, 9.17) is 4.98 Å². The SMILES string of the molecule is CC[C@@H](O)CCC(=O)Cc1cc2cc(-c3ccccc3)c(-c3ccccc3)nc2cn1. The van der Waals surface area contributed by atoms with Crippen LogP contribution in [0.2, 0.25) is 0 Å². The van der Waals surface area contributed by atoms with Gasteiger partial charge in [-0.3, -0.25) is 9.78 Å². The third kappa shape index (κ3) is 5.04. The smallest absolute Gasteiger partial charge is 0.138 e. The molecule has 0 bridgehead atoms. The molecule has 31 heavy (non-hydrogen) atoms. The molecule has 4 rings (SSSR count). The predicted molar refractivity (Wildman–Crippen MR) is 125 cm³/mol. The molecule has 0 radical (unpaired) electrons. The van der Waals surface area contributed by atoms with Gasteiger partial charge in [0.05, 0.1) is 23.5 Å². The summed E-state index contributed by atoms with van der Waals surface area (Å²) in [5, 5.41) is 10.7. The van der Waals surface area contributed by atoms with Crippen molar-refractivity contribution in [2.45, 2.75) is 38.7 Å². The average Bonchev–Trinajstić information content (AvgIpc) is 2.82. The minimum absolute atomic E-state index is 0.0940. The normalized spacial score (nSPS) is 12.1. The van der Waals surface area contributed by atoms with E-state index in [1.54, 1.807) is 6.20 Å². The van der Waals surface area contributed by atoms with E-state index < -0.39 is 6.10 Å². The lowest BCUT2D eigenvalue weighted by Crippen LogP contribution is -2.10. The summed E-state index contributed by atoms with van der Waals surface area (Å²) in [5.41, 5.74) is 5.65. The van der Waals surface area contributed by atoms with Gasteiger partial charge in [-0.15, -0.1) is 0 Å². The van der Waals surface area contributed by atoms with Gasteiger partial charge in [0, 0.05) is 35.0 Å². The van der Waals surface area contributed by atoms with Crippen molar-refractivity contribution in [1.29, 1.82) is 0 Å². The van der Waals surface area contributed by atoms with Crippen LogP contribution in [0.5, 0.6) is 0 Å². The van der Waals surface area contributed by atoms with Gasteiger partial charge in [0.25, 0.3) is 0 Å². The standard InChI is InChI=1S/C27H26N2O2/c1-2-23(30)13-14-24(31)17-22-15-21-16-25(19-9-5-3-6-10-19)27(29-26(21)18-28-22)20-11-7-4-8-12-20/h3-12,15-16,18,23,30H,2,13-14,17H2,1H3/t23-/m1/s1. The lowest BCUT2D eigenvalue weighted by atomic mass is 9.97. The lowest BCUT2D eigenvalue weighted by molar-refractivity contribution is -0.119. The van der Waals surface area contributed by atoms with Crippen LogP contribution in [0.25, 0.3) is 33.3 Å². The first kappa shape index (κ1) is 20.9. The third-order valence-corrected chi connectivity index (χ3v) is 5.50. The molecular formula is C27H26N2O2. The Bertz CT molecular complexity index is 1170. The molecule has 4 nitrogen and oxygen atoms in total. The molecule has 4 heteroatoms. The summed E-state index contributed by atoms with van der Waals surface area (Å²) >= 11 is 0. The van der Waals surface area contributed by atoms with Crippen molar-refractivity contribution in [3.8, 4) is 22.4 Å². The van der Waals surface area contributed by atoms with Crippen molar-refractivity contribution in [2.75, 3.05) is 0 Å². The van der Waals surface area contributed by atoms with Crippen LogP contribution in [0.4, 0.5) is 0 Å². The van der Waals surface area contributed by atoms with Crippen molar-refractivity contribution >= 4 is 16.7 Å². The maximum absolute atomic E-state index is 12.3. The molecule has 0 fully saturated rings. The Balaban J connectivity index is 1.70. The number of fused-ring (bicyclic) bond motifs is 1. The highest BCUT2D eigenvalue weighted by atomic mass is 16.3. The number of carbonyl (C=O) groups excluding carboxylic acids is 1. The Hall–Kier alpha value is -3.37. The molecule has 2 heterocycles. The lowest BCUT2D eigenvalue weighted by Gasteiger charge is -2.12. The fourth-order valence-electron chi connectivity index (χ4n) is 3.70. The average molecular weight is 411 g/mol. The molecule has 0 aliphatic rings. The molecule has 0 aliphatic carbocycles. The largest absolute Gasteiger partial charge is 0.393 e. The van der Waals surface area contributed by atoms with E-state index in [2.05, 4.69) is 35.3 Å². The van der Waals surface area contributed by atoms with Crippen LogP contribution >= 0.6 is 0 Å². The molecular weight excluding hydrogens is 384 g/mol. The van der Waals surface area contributed by atoms with E-state index in [-0.39, 0.29) is 12.2 Å². The molecule has 0 amide bonds. The van der Waals surface area contributed by atoms with Gasteiger partial charge in [0.2, 0.25) is 0 Å². The van der Waals surface area contributed by atoms with E-state index in [1.165, 1.54) is 0 Å². The number of ketones is 1. The van der Waals surface area contributed by atoms with Crippen LogP contribution < -0.4 is 0 Å². The fraction of sp³-hybridized carbons (Fsp3) is 0.222. The molecule has 1 N–H and O–H groups in total. The van der Waals surface area contributed by atoms with Gasteiger partial charge in [0.1, 0.15) is 5.78 Å². The summed E-state index contributed by atoms with van der Waals surface area (Å²) in [7, 11) is 0. The molecule has 0 spiro atoms. The summed E-state index contributed by atoms with van der Waals surface area (Å²) in [6.45, 7) is 1.92. The van der Waals surface area contributed by atoms with E-state index >= 15 is 0 Å². The van der Waals surface area contributed by atoms with Crippen molar-refractivity contribution in [2.24, 2.45) is 0 Å². The zero-order valence-electron chi connectivity index (χ0n) is 17.7. The minimum atomic E-state index is -0.414. The highest BCUT2D eigenvalue weighted by Crippen LogP contribution is 2.33. The number of aliphatic hydroxyl groups excluding tert-OH is 1. The molecule has 4 aromatic rings. The van der Waals surface area contributed by atoms with Gasteiger partial charge in [-0.1, -0.05) is 67.6 Å². The number of rotatable bonds is 8. The first-order chi connectivity index (χ1) is 15.1. The Morgan fingerprint density at radius 2 is 1.65 bits per heavy atom. The number of benzene rings is 2. The van der Waals surface area contributed by atoms with Gasteiger partial charge in [-0.05, 0) is 30.5 Å². The van der Waals surface area contributed by atoms with Crippen LogP contribution in [-0.2, 0) is 11.2 Å². The maximum Gasteiger partial charge on any atom is 0.138 e. The zero-order chi connectivity index (χ0) is 21.6. The minimum Gasteiger partial charge on any atom is -0.393 e. The second-order valence-corrected chi connectivity index (χ2v) is 7.80. The fourth-order valence-corrected chi connectivity index (χ4v) is 3.70. The Morgan fingerprint density at radius 3 is 2.32 bits per heavy atom. The first-order valence-corrected chi connectivity index (χ1v) is 10.7. The summed E-state index contributed by atoms with van der Waals surface area (Å²) in [4.78, 5) is 21.7. The summed E-state index contributed by atoms with van der Waals surface area (Å²) < 4.78 is 0. The third-order valence-electron chi connectivity index (χ3n) is 5.50. The van der Waals surface area contributed by atoms with Crippen molar-refractivity contribution < 1.29 is 9.90 Å². The number of aromatic nitrogens is 2. The van der Waals surface area contributed by atoms with Crippen molar-refractivity contribution in [3.63, 3.8) is 0 Å². The van der Waals surface area contributed by atoms with E-state index in [1.807, 2.05) is 49.4 Å². The summed E-state index contributed by atoms with van der Waals surface area (Å²) in [6.07, 6.45) is 3.15. The van der Waals surface area contributed by atoms with Gasteiger partial charge < -0.3 is 5.11 Å². The Morgan fingerprint density at radius 1 is 0.968 bits per heavy atom. The second kappa shape index (κ2) is 9.63. The summed E-state index contributed by atoms with van der Waals surface area (Å²) in [6, 6.07) is 24.5. The van der Waals surface area contributed by atoms with Gasteiger partial charge in [0.15, 0.2) is 0 Å². The van der Waals surface area contributed by atoms with Gasteiger partial charge >= 0.3 is 0 Å². The molecule has 156 valence electrons. The highest BCUT2D eigenvalue weighted by molar-refractivity contribution is 5.92. The second-order valence-electron chi connectivity index (χ2n) is 7.80. The molecule has 2 aromatic heterocycles. The number of hydrogen-bond acceptors (Lipinski definition) is 4. The van der Waals surface area contributed by atoms with Crippen LogP contribution in [0.3, 0.4) is 0 Å². The molecule has 0 unspecified atom stereocenters. The topological polar surface area (TPSA) is 63.1 Å². The number of carbonyl (C=O) groups is 1. The van der Waals surface area contributed by atoms with Gasteiger partial charge in [-0.25, -0.2) is 4.98 Å². The van der Waals surface area contributed by atoms with Crippen molar-refractivity contribution in [1.82, 2.24) is 9.97 Å². The molecule has 1 atom stereocenters. The first-order valence-electron chi connectivity index (χ1n) is 10.7. The highest BCUT2D eigenvalue weighted by Gasteiger charge is 2.13. The van der Waals surface area contributed by atoms with E-state index in [0.717, 1.165) is 39.0 Å². The van der Waals surface area contributed by atoms with Crippen LogP contribution in [0.1, 0.15) is 31.9 Å². The Kier molecular flexibility index (Phi) is 6.48. The van der Waals surface area contributed by atoms with E-state index in [0.29, 0.717) is 19.3 Å². The number of pyridine rings is 2. The molecule has 0 saturated carbocycles. The maximum atomic E-state index is 12.3. The van der Waals surface area contributed by atoms with E-state index in [9.17, 15) is 9.90 Å². The number of nitrogens with zero attached hydrogens (tertiary/aromatic N) is 2.